The Morgan fingerprint density at radius 1 is 1.19 bits per heavy atom. The number of amides is 1. The second-order valence-corrected chi connectivity index (χ2v) is 8.38. The lowest BCUT2D eigenvalue weighted by Crippen LogP contribution is -2.52. The molecule has 0 bridgehead atoms. The Balaban J connectivity index is 1.20. The van der Waals surface area contributed by atoms with Gasteiger partial charge >= 0.3 is 0 Å². The van der Waals surface area contributed by atoms with Crippen LogP contribution in [0.2, 0.25) is 0 Å². The van der Waals surface area contributed by atoms with E-state index in [9.17, 15) is 4.79 Å². The number of rotatable bonds is 8. The van der Waals surface area contributed by atoms with Crippen LogP contribution in [0.15, 0.2) is 42.6 Å². The number of hydrogen-bond acceptors (Lipinski definition) is 5. The fourth-order valence-corrected chi connectivity index (χ4v) is 4.56. The Labute approximate surface area is 184 Å². The molecule has 7 nitrogen and oxygen atoms in total. The highest BCUT2D eigenvalue weighted by Gasteiger charge is 2.41. The molecule has 31 heavy (non-hydrogen) atoms. The van der Waals surface area contributed by atoms with Crippen LogP contribution in [0.3, 0.4) is 0 Å². The quantitative estimate of drug-likeness (QED) is 0.605. The first-order valence-corrected chi connectivity index (χ1v) is 11.4. The predicted octanol–water partition coefficient (Wildman–Crippen LogP) is 3.29. The van der Waals surface area contributed by atoms with Gasteiger partial charge in [-0.15, -0.1) is 0 Å². The van der Waals surface area contributed by atoms with Gasteiger partial charge in [-0.1, -0.05) is 30.3 Å². The minimum Gasteiger partial charge on any atom is -0.376 e. The van der Waals surface area contributed by atoms with Crippen LogP contribution in [0, 0.1) is 0 Å². The smallest absolute Gasteiger partial charge is 0.272 e. The number of carbonyl (C=O) groups is 1. The molecule has 1 aromatic carbocycles. The molecule has 0 radical (unpaired) electrons. The maximum Gasteiger partial charge on any atom is 0.272 e. The lowest BCUT2D eigenvalue weighted by Gasteiger charge is -2.46. The standard InChI is InChI=1S/C24H33N3O4/c1-2-27-22(8-12-25-27)23(28)26-13-10-24(11-14-26)18-21(9-15-31-24)30-17-16-29-19-20-6-4-3-5-7-20/h3-8,12,21H,2,9-11,13-19H2,1H3. The number of carbonyl (C=O) groups excluding carboxylic acids is 1. The van der Waals surface area contributed by atoms with Gasteiger partial charge in [0.15, 0.2) is 0 Å². The van der Waals surface area contributed by atoms with Crippen molar-refractivity contribution >= 4 is 5.91 Å². The maximum atomic E-state index is 12.9. The van der Waals surface area contributed by atoms with Gasteiger partial charge in [0.2, 0.25) is 0 Å². The third-order valence-electron chi connectivity index (χ3n) is 6.34. The minimum absolute atomic E-state index is 0.0633. The molecule has 7 heteroatoms. The summed E-state index contributed by atoms with van der Waals surface area (Å²) in [6.07, 6.45) is 5.39. The Hall–Kier alpha value is -2.22. The van der Waals surface area contributed by atoms with Gasteiger partial charge in [-0.3, -0.25) is 9.48 Å². The van der Waals surface area contributed by atoms with Crippen LogP contribution < -0.4 is 0 Å². The molecule has 1 aromatic heterocycles. The number of hydrogen-bond donors (Lipinski definition) is 0. The summed E-state index contributed by atoms with van der Waals surface area (Å²) in [5.41, 5.74) is 1.67. The molecular formula is C24H33N3O4. The van der Waals surface area contributed by atoms with Crippen LogP contribution in [-0.2, 0) is 27.4 Å². The molecule has 0 aliphatic carbocycles. The van der Waals surface area contributed by atoms with Crippen LogP contribution in [0.1, 0.15) is 48.7 Å². The summed E-state index contributed by atoms with van der Waals surface area (Å²) in [5.74, 6) is 0.0633. The molecule has 2 saturated heterocycles. The maximum absolute atomic E-state index is 12.9. The largest absolute Gasteiger partial charge is 0.376 e. The first kappa shape index (κ1) is 22.0. The fraction of sp³-hybridized carbons (Fsp3) is 0.583. The molecule has 168 valence electrons. The van der Waals surface area contributed by atoms with Crippen molar-refractivity contribution in [1.29, 1.82) is 0 Å². The highest BCUT2D eigenvalue weighted by Crippen LogP contribution is 2.36. The van der Waals surface area contributed by atoms with Crippen molar-refractivity contribution in [3.05, 3.63) is 53.9 Å². The van der Waals surface area contributed by atoms with Crippen LogP contribution in [0.5, 0.6) is 0 Å². The zero-order chi connectivity index (χ0) is 21.5. The van der Waals surface area contributed by atoms with Crippen LogP contribution in [-0.4, -0.2) is 65.2 Å². The summed E-state index contributed by atoms with van der Waals surface area (Å²) in [6.45, 7) is 6.63. The number of piperidine rings is 1. The molecule has 2 aliphatic rings. The van der Waals surface area contributed by atoms with E-state index in [2.05, 4.69) is 17.2 Å². The van der Waals surface area contributed by atoms with Crippen LogP contribution in [0.4, 0.5) is 0 Å². The van der Waals surface area contributed by atoms with Gasteiger partial charge in [-0.2, -0.15) is 5.10 Å². The third kappa shape index (κ3) is 5.53. The summed E-state index contributed by atoms with van der Waals surface area (Å²) in [7, 11) is 0. The molecule has 1 spiro atoms. The Morgan fingerprint density at radius 2 is 2.00 bits per heavy atom. The lowest BCUT2D eigenvalue weighted by molar-refractivity contribution is -0.155. The van der Waals surface area contributed by atoms with Gasteiger partial charge in [0.1, 0.15) is 5.69 Å². The molecule has 2 aromatic rings. The van der Waals surface area contributed by atoms with E-state index in [-0.39, 0.29) is 17.6 Å². The summed E-state index contributed by atoms with van der Waals surface area (Å²) in [6, 6.07) is 12.0. The van der Waals surface area contributed by atoms with Gasteiger partial charge in [-0.05, 0) is 37.8 Å². The van der Waals surface area contributed by atoms with E-state index in [0.29, 0.717) is 51.8 Å². The summed E-state index contributed by atoms with van der Waals surface area (Å²) >= 11 is 0. The van der Waals surface area contributed by atoms with Crippen molar-refractivity contribution in [2.75, 3.05) is 32.9 Å². The van der Waals surface area contributed by atoms with Crippen LogP contribution in [0.25, 0.3) is 0 Å². The first-order chi connectivity index (χ1) is 15.2. The molecule has 2 aliphatic heterocycles. The van der Waals surface area contributed by atoms with E-state index >= 15 is 0 Å². The number of nitrogens with zero attached hydrogens (tertiary/aromatic N) is 3. The Morgan fingerprint density at radius 3 is 2.77 bits per heavy atom. The molecule has 1 atom stereocenters. The molecule has 0 N–H and O–H groups in total. The van der Waals surface area contributed by atoms with E-state index in [1.807, 2.05) is 30.0 Å². The number of benzene rings is 1. The molecule has 1 amide bonds. The van der Waals surface area contributed by atoms with Crippen molar-refractivity contribution in [2.45, 2.75) is 57.5 Å². The number of aromatic nitrogens is 2. The van der Waals surface area contributed by atoms with E-state index < -0.39 is 0 Å². The summed E-state index contributed by atoms with van der Waals surface area (Å²) < 4.78 is 19.8. The molecule has 2 fully saturated rings. The van der Waals surface area contributed by atoms with Crippen molar-refractivity contribution in [3.8, 4) is 0 Å². The van der Waals surface area contributed by atoms with E-state index in [0.717, 1.165) is 25.7 Å². The topological polar surface area (TPSA) is 65.8 Å². The molecule has 1 unspecified atom stereocenters. The number of likely N-dealkylation sites (tertiary alicyclic amines) is 1. The van der Waals surface area contributed by atoms with E-state index in [1.54, 1.807) is 16.9 Å². The molecule has 3 heterocycles. The van der Waals surface area contributed by atoms with Gasteiger partial charge in [-0.25, -0.2) is 0 Å². The molecule has 4 rings (SSSR count). The third-order valence-corrected chi connectivity index (χ3v) is 6.34. The molecule has 0 saturated carbocycles. The summed E-state index contributed by atoms with van der Waals surface area (Å²) in [5, 5.41) is 4.22. The van der Waals surface area contributed by atoms with E-state index in [1.165, 1.54) is 5.56 Å². The average molecular weight is 428 g/mol. The van der Waals surface area contributed by atoms with Gasteiger partial charge in [0.25, 0.3) is 5.91 Å². The van der Waals surface area contributed by atoms with Gasteiger partial charge in [0, 0.05) is 38.9 Å². The Kier molecular flexibility index (Phi) is 7.37. The number of ether oxygens (including phenoxy) is 3. The van der Waals surface area contributed by atoms with Crippen LogP contribution >= 0.6 is 0 Å². The first-order valence-electron chi connectivity index (χ1n) is 11.4. The second-order valence-electron chi connectivity index (χ2n) is 8.38. The predicted molar refractivity (Wildman–Crippen MR) is 117 cm³/mol. The van der Waals surface area contributed by atoms with E-state index in [4.69, 9.17) is 14.2 Å². The van der Waals surface area contributed by atoms with Crippen molar-refractivity contribution < 1.29 is 19.0 Å². The zero-order valence-electron chi connectivity index (χ0n) is 18.4. The van der Waals surface area contributed by atoms with Gasteiger partial charge < -0.3 is 19.1 Å². The second kappa shape index (κ2) is 10.4. The average Bonchev–Trinajstić information content (AvgIpc) is 3.29. The lowest BCUT2D eigenvalue weighted by atomic mass is 9.83. The zero-order valence-corrected chi connectivity index (χ0v) is 18.4. The fourth-order valence-electron chi connectivity index (χ4n) is 4.56. The summed E-state index contributed by atoms with van der Waals surface area (Å²) in [4.78, 5) is 14.8. The number of aryl methyl sites for hydroxylation is 1. The Bertz CT molecular complexity index is 830. The monoisotopic (exact) mass is 427 g/mol. The van der Waals surface area contributed by atoms with Gasteiger partial charge in [0.05, 0.1) is 31.5 Å². The normalized spacial score (nSPS) is 20.8. The highest BCUT2D eigenvalue weighted by molar-refractivity contribution is 5.92. The highest BCUT2D eigenvalue weighted by atomic mass is 16.5. The van der Waals surface area contributed by atoms with Crippen molar-refractivity contribution in [1.82, 2.24) is 14.7 Å². The SMILES string of the molecule is CCn1nccc1C(=O)N1CCC2(CC1)CC(OCCOCc1ccccc1)CCO2. The van der Waals surface area contributed by atoms with Crippen molar-refractivity contribution in [2.24, 2.45) is 0 Å². The minimum atomic E-state index is -0.171. The van der Waals surface area contributed by atoms with Crippen molar-refractivity contribution in [3.63, 3.8) is 0 Å². The molecular weight excluding hydrogens is 394 g/mol.